The van der Waals surface area contributed by atoms with E-state index < -0.39 is 11.7 Å². The molecule has 0 spiro atoms. The predicted molar refractivity (Wildman–Crippen MR) is 75.8 cm³/mol. The van der Waals surface area contributed by atoms with E-state index in [-0.39, 0.29) is 10.8 Å². The Morgan fingerprint density at radius 1 is 1.24 bits per heavy atom. The number of benzene rings is 1. The molecule has 0 saturated carbocycles. The molecule has 0 atom stereocenters. The lowest BCUT2D eigenvalue weighted by Crippen LogP contribution is -2.26. The summed E-state index contributed by atoms with van der Waals surface area (Å²) in [6.07, 6.45) is -3.77. The minimum Gasteiger partial charge on any atom is -0.318 e. The highest BCUT2D eigenvalue weighted by atomic mass is 35.5. The first-order chi connectivity index (χ1) is 9.86. The van der Waals surface area contributed by atoms with Gasteiger partial charge in [-0.1, -0.05) is 41.9 Å². The van der Waals surface area contributed by atoms with Crippen molar-refractivity contribution in [2.45, 2.75) is 12.7 Å². The molecule has 0 aliphatic rings. The molecule has 0 amide bonds. The second kappa shape index (κ2) is 6.32. The molecule has 0 radical (unpaired) electrons. The van der Waals surface area contributed by atoms with Crippen molar-refractivity contribution in [3.63, 3.8) is 0 Å². The summed E-state index contributed by atoms with van der Waals surface area (Å²) in [6, 6.07) is 10.6. The average molecular weight is 316 g/mol. The van der Waals surface area contributed by atoms with Crippen LogP contribution in [0.4, 0.5) is 18.9 Å². The summed E-state index contributed by atoms with van der Waals surface area (Å²) in [5.74, 6) is 0. The maximum atomic E-state index is 12.9. The zero-order valence-electron chi connectivity index (χ0n) is 11.2. The minimum atomic E-state index is -4.49. The van der Waals surface area contributed by atoms with Gasteiger partial charge in [0, 0.05) is 25.9 Å². The molecule has 0 fully saturated rings. The number of rotatable bonds is 4. The van der Waals surface area contributed by atoms with E-state index in [0.29, 0.717) is 6.54 Å². The Labute approximate surface area is 125 Å². The summed E-state index contributed by atoms with van der Waals surface area (Å²) in [5, 5.41) is 1.55. The van der Waals surface area contributed by atoms with Gasteiger partial charge in [-0.2, -0.15) is 13.2 Å². The third kappa shape index (κ3) is 4.34. The maximum absolute atomic E-state index is 12.9. The number of hydrazine groups is 1. The normalized spacial score (nSPS) is 11.7. The Morgan fingerprint density at radius 3 is 2.52 bits per heavy atom. The second-order valence-electron chi connectivity index (χ2n) is 4.50. The van der Waals surface area contributed by atoms with Crippen molar-refractivity contribution >= 4 is 17.3 Å². The summed E-state index contributed by atoms with van der Waals surface area (Å²) in [7, 11) is 1.65. The Morgan fingerprint density at radius 2 is 1.90 bits per heavy atom. The van der Waals surface area contributed by atoms with Crippen molar-refractivity contribution in [3.8, 4) is 0 Å². The molecule has 2 rings (SSSR count). The number of nitrogens with one attached hydrogen (secondary N) is 1. The third-order valence-corrected chi connectivity index (χ3v) is 2.96. The zero-order chi connectivity index (χ0) is 15.5. The fraction of sp³-hybridized carbons (Fsp3) is 0.214. The Balaban J connectivity index is 2.17. The highest BCUT2D eigenvalue weighted by Gasteiger charge is 2.34. The van der Waals surface area contributed by atoms with Gasteiger partial charge in [0.25, 0.3) is 0 Å². The fourth-order valence-corrected chi connectivity index (χ4v) is 2.01. The molecule has 21 heavy (non-hydrogen) atoms. The third-order valence-electron chi connectivity index (χ3n) is 2.75. The van der Waals surface area contributed by atoms with E-state index in [1.165, 1.54) is 0 Å². The topological polar surface area (TPSA) is 28.2 Å². The molecule has 1 aromatic carbocycles. The van der Waals surface area contributed by atoms with E-state index in [2.05, 4.69) is 10.4 Å². The standard InChI is InChI=1S/C14H13ClF3N3/c1-21(9-10-5-3-2-4-6-10)20-12-7-13(15)19-8-11(12)14(16,17)18/h2-8H,9H2,1H3,(H,19,20). The van der Waals surface area contributed by atoms with Gasteiger partial charge in [0.05, 0.1) is 11.3 Å². The average Bonchev–Trinajstić information content (AvgIpc) is 2.38. The molecule has 1 aromatic heterocycles. The molecule has 0 aliphatic heterocycles. The second-order valence-corrected chi connectivity index (χ2v) is 4.89. The maximum Gasteiger partial charge on any atom is 0.419 e. The predicted octanol–water partition coefficient (Wildman–Crippen LogP) is 4.21. The molecule has 7 heteroatoms. The van der Waals surface area contributed by atoms with Gasteiger partial charge in [-0.15, -0.1) is 0 Å². The van der Waals surface area contributed by atoms with Crippen LogP contribution in [-0.2, 0) is 12.7 Å². The Kier molecular flexibility index (Phi) is 4.69. The molecule has 0 aliphatic carbocycles. The molecule has 0 bridgehead atoms. The van der Waals surface area contributed by atoms with Crippen LogP contribution < -0.4 is 5.43 Å². The van der Waals surface area contributed by atoms with Gasteiger partial charge in [-0.3, -0.25) is 0 Å². The number of alkyl halides is 3. The quantitative estimate of drug-likeness (QED) is 0.676. The van der Waals surface area contributed by atoms with Crippen LogP contribution in [0.15, 0.2) is 42.6 Å². The molecule has 112 valence electrons. The van der Waals surface area contributed by atoms with Gasteiger partial charge < -0.3 is 5.43 Å². The Hall–Kier alpha value is -1.79. The van der Waals surface area contributed by atoms with Crippen molar-refractivity contribution in [1.82, 2.24) is 9.99 Å². The highest BCUT2D eigenvalue weighted by molar-refractivity contribution is 6.29. The van der Waals surface area contributed by atoms with E-state index in [0.717, 1.165) is 17.8 Å². The lowest BCUT2D eigenvalue weighted by molar-refractivity contribution is -0.137. The van der Waals surface area contributed by atoms with Crippen molar-refractivity contribution in [2.75, 3.05) is 12.5 Å². The van der Waals surface area contributed by atoms with Crippen molar-refractivity contribution in [2.24, 2.45) is 0 Å². The number of aromatic nitrogens is 1. The zero-order valence-corrected chi connectivity index (χ0v) is 11.9. The minimum absolute atomic E-state index is 0.00129. The molecule has 1 N–H and O–H groups in total. The molecule has 0 saturated heterocycles. The first-order valence-corrected chi connectivity index (χ1v) is 6.48. The molecular formula is C14H13ClF3N3. The summed E-state index contributed by atoms with van der Waals surface area (Å²) < 4.78 is 38.7. The monoisotopic (exact) mass is 315 g/mol. The van der Waals surface area contributed by atoms with Gasteiger partial charge in [0.15, 0.2) is 0 Å². The molecule has 0 unspecified atom stereocenters. The number of hydrogen-bond acceptors (Lipinski definition) is 3. The van der Waals surface area contributed by atoms with Gasteiger partial charge in [-0.25, -0.2) is 9.99 Å². The molecule has 2 aromatic rings. The number of halogens is 4. The summed E-state index contributed by atoms with van der Waals surface area (Å²) >= 11 is 5.67. The largest absolute Gasteiger partial charge is 0.419 e. The van der Waals surface area contributed by atoms with Crippen molar-refractivity contribution < 1.29 is 13.2 Å². The lowest BCUT2D eigenvalue weighted by Gasteiger charge is -2.22. The van der Waals surface area contributed by atoms with Crippen LogP contribution in [0.25, 0.3) is 0 Å². The van der Waals surface area contributed by atoms with Crippen LogP contribution in [-0.4, -0.2) is 17.0 Å². The summed E-state index contributed by atoms with van der Waals surface area (Å²) in [5.41, 5.74) is 2.69. The summed E-state index contributed by atoms with van der Waals surface area (Å²) in [4.78, 5) is 3.48. The summed E-state index contributed by atoms with van der Waals surface area (Å²) in [6.45, 7) is 0.443. The van der Waals surface area contributed by atoms with Gasteiger partial charge in [0.2, 0.25) is 0 Å². The smallest absolute Gasteiger partial charge is 0.318 e. The number of anilines is 1. The van der Waals surface area contributed by atoms with Crippen molar-refractivity contribution in [3.05, 3.63) is 58.9 Å². The lowest BCUT2D eigenvalue weighted by atomic mass is 10.2. The van der Waals surface area contributed by atoms with Crippen LogP contribution >= 0.6 is 11.6 Å². The first-order valence-electron chi connectivity index (χ1n) is 6.11. The van der Waals surface area contributed by atoms with Gasteiger partial charge in [0.1, 0.15) is 5.15 Å². The number of hydrogen-bond donors (Lipinski definition) is 1. The molecule has 1 heterocycles. The van der Waals surface area contributed by atoms with Crippen LogP contribution in [0.2, 0.25) is 5.15 Å². The van der Waals surface area contributed by atoms with Crippen LogP contribution in [0.1, 0.15) is 11.1 Å². The first kappa shape index (κ1) is 15.6. The van der Waals surface area contributed by atoms with E-state index in [1.807, 2.05) is 30.3 Å². The highest BCUT2D eigenvalue weighted by Crippen LogP contribution is 2.35. The van der Waals surface area contributed by atoms with Gasteiger partial charge >= 0.3 is 6.18 Å². The van der Waals surface area contributed by atoms with Crippen LogP contribution in [0, 0.1) is 0 Å². The van der Waals surface area contributed by atoms with E-state index in [4.69, 9.17) is 11.6 Å². The van der Waals surface area contributed by atoms with Crippen LogP contribution in [0.3, 0.4) is 0 Å². The van der Waals surface area contributed by atoms with E-state index >= 15 is 0 Å². The Bertz CT molecular complexity index is 602. The van der Waals surface area contributed by atoms with Crippen LogP contribution in [0.5, 0.6) is 0 Å². The number of nitrogens with zero attached hydrogens (tertiary/aromatic N) is 2. The molecule has 3 nitrogen and oxygen atoms in total. The van der Waals surface area contributed by atoms with E-state index in [9.17, 15) is 13.2 Å². The fourth-order valence-electron chi connectivity index (χ4n) is 1.85. The SMILES string of the molecule is CN(Cc1ccccc1)Nc1cc(Cl)ncc1C(F)(F)F. The van der Waals surface area contributed by atoms with Crippen molar-refractivity contribution in [1.29, 1.82) is 0 Å². The van der Waals surface area contributed by atoms with E-state index in [1.54, 1.807) is 12.1 Å². The van der Waals surface area contributed by atoms with Gasteiger partial charge in [-0.05, 0) is 5.56 Å². The number of pyridine rings is 1. The molecular weight excluding hydrogens is 303 g/mol.